The van der Waals surface area contributed by atoms with Gasteiger partial charge in [-0.25, -0.2) is 10.9 Å². The average molecular weight is 207 g/mol. The first kappa shape index (κ1) is 9.74. The fourth-order valence-electron chi connectivity index (χ4n) is 0.774. The Bertz CT molecular complexity index is 268. The zero-order valence-electron chi connectivity index (χ0n) is 6.26. The van der Waals surface area contributed by atoms with Gasteiger partial charge in [0.15, 0.2) is 0 Å². The minimum absolute atomic E-state index is 0.314. The van der Waals surface area contributed by atoms with E-state index in [2.05, 4.69) is 9.82 Å². The molecule has 1 rings (SSSR count). The van der Waals surface area contributed by atoms with E-state index in [0.29, 0.717) is 23.2 Å². The lowest BCUT2D eigenvalue weighted by atomic mass is 10.2. The molecule has 0 aliphatic rings. The van der Waals surface area contributed by atoms with Crippen molar-refractivity contribution in [2.75, 3.05) is 6.61 Å². The normalized spacial score (nSPS) is 10.2. The monoisotopic (exact) mass is 206 g/mol. The van der Waals surface area contributed by atoms with Crippen LogP contribution in [0.1, 0.15) is 5.56 Å². The van der Waals surface area contributed by atoms with E-state index in [4.69, 9.17) is 29.1 Å². The molecule has 5 heteroatoms. The van der Waals surface area contributed by atoms with Gasteiger partial charge < -0.3 is 4.84 Å². The van der Waals surface area contributed by atoms with Crippen molar-refractivity contribution in [2.45, 2.75) is 6.42 Å². The van der Waals surface area contributed by atoms with Crippen LogP contribution in [0.15, 0.2) is 12.3 Å². The standard InChI is InChI=1S/C7H8Cl2N2O/c8-6-3-5(1-2-12-10)4-11-7(6)9/h3-4H,1-2,10H2. The lowest BCUT2D eigenvalue weighted by molar-refractivity contribution is 0.141. The quantitative estimate of drug-likeness (QED) is 0.607. The highest BCUT2D eigenvalue weighted by molar-refractivity contribution is 6.41. The van der Waals surface area contributed by atoms with E-state index in [9.17, 15) is 0 Å². The maximum atomic E-state index is 5.73. The summed E-state index contributed by atoms with van der Waals surface area (Å²) in [6.45, 7) is 0.444. The first-order valence-corrected chi connectivity index (χ1v) is 4.11. The van der Waals surface area contributed by atoms with Gasteiger partial charge in [-0.1, -0.05) is 23.2 Å². The molecule has 1 aromatic rings. The molecule has 0 spiro atoms. The van der Waals surface area contributed by atoms with Gasteiger partial charge in [0, 0.05) is 6.20 Å². The van der Waals surface area contributed by atoms with E-state index >= 15 is 0 Å². The molecule has 1 heterocycles. The number of nitrogens with two attached hydrogens (primary N) is 1. The lowest BCUT2D eigenvalue weighted by Crippen LogP contribution is -2.03. The molecule has 0 aliphatic heterocycles. The van der Waals surface area contributed by atoms with Crippen molar-refractivity contribution in [1.29, 1.82) is 0 Å². The van der Waals surface area contributed by atoms with Gasteiger partial charge in [-0.15, -0.1) is 0 Å². The van der Waals surface area contributed by atoms with Gasteiger partial charge in [0.2, 0.25) is 0 Å². The first-order valence-electron chi connectivity index (χ1n) is 3.35. The van der Waals surface area contributed by atoms with Crippen LogP contribution < -0.4 is 5.90 Å². The number of hydrogen-bond donors (Lipinski definition) is 1. The average Bonchev–Trinajstić information content (AvgIpc) is 2.07. The largest absolute Gasteiger partial charge is 0.304 e. The third-order valence-electron chi connectivity index (χ3n) is 1.36. The molecule has 0 unspecified atom stereocenters. The molecule has 0 aliphatic carbocycles. The lowest BCUT2D eigenvalue weighted by Gasteiger charge is -2.00. The molecule has 0 saturated carbocycles. The zero-order chi connectivity index (χ0) is 8.97. The molecule has 0 radical (unpaired) electrons. The molecule has 3 nitrogen and oxygen atoms in total. The van der Waals surface area contributed by atoms with Crippen LogP contribution >= 0.6 is 23.2 Å². The Morgan fingerprint density at radius 1 is 1.50 bits per heavy atom. The van der Waals surface area contributed by atoms with E-state index in [1.165, 1.54) is 0 Å². The molecule has 12 heavy (non-hydrogen) atoms. The zero-order valence-corrected chi connectivity index (χ0v) is 7.77. The summed E-state index contributed by atoms with van der Waals surface area (Å²) in [5, 5.41) is 0.764. The number of halogens is 2. The van der Waals surface area contributed by atoms with Crippen LogP contribution in [0.4, 0.5) is 0 Å². The summed E-state index contributed by atoms with van der Waals surface area (Å²) in [7, 11) is 0. The van der Waals surface area contributed by atoms with E-state index < -0.39 is 0 Å². The third kappa shape index (κ3) is 2.60. The van der Waals surface area contributed by atoms with Crippen LogP contribution in [0.2, 0.25) is 10.2 Å². The van der Waals surface area contributed by atoms with Gasteiger partial charge in [0.25, 0.3) is 0 Å². The van der Waals surface area contributed by atoms with Crippen LogP contribution in [0.25, 0.3) is 0 Å². The molecule has 0 fully saturated rings. The summed E-state index contributed by atoms with van der Waals surface area (Å²) in [4.78, 5) is 8.28. The number of hydrogen-bond acceptors (Lipinski definition) is 3. The Morgan fingerprint density at radius 2 is 2.25 bits per heavy atom. The van der Waals surface area contributed by atoms with Gasteiger partial charge >= 0.3 is 0 Å². The van der Waals surface area contributed by atoms with Crippen LogP contribution in [-0.4, -0.2) is 11.6 Å². The van der Waals surface area contributed by atoms with Crippen molar-refractivity contribution in [3.63, 3.8) is 0 Å². The Balaban J connectivity index is 2.69. The number of aromatic nitrogens is 1. The maximum absolute atomic E-state index is 5.73. The first-order chi connectivity index (χ1) is 5.74. The van der Waals surface area contributed by atoms with E-state index in [1.54, 1.807) is 12.3 Å². The molecular weight excluding hydrogens is 199 g/mol. The molecule has 2 N–H and O–H groups in total. The highest BCUT2D eigenvalue weighted by Gasteiger charge is 2.00. The fraction of sp³-hybridized carbons (Fsp3) is 0.286. The van der Waals surface area contributed by atoms with Gasteiger partial charge in [-0.05, 0) is 18.1 Å². The second-order valence-corrected chi connectivity index (χ2v) is 3.00. The maximum Gasteiger partial charge on any atom is 0.147 e. The van der Waals surface area contributed by atoms with E-state index in [1.807, 2.05) is 0 Å². The molecule has 0 saturated heterocycles. The van der Waals surface area contributed by atoms with Crippen LogP contribution in [0.5, 0.6) is 0 Å². The number of rotatable bonds is 3. The number of nitrogens with zero attached hydrogens (tertiary/aromatic N) is 1. The summed E-state index contributed by atoms with van der Waals surface area (Å²) >= 11 is 11.3. The van der Waals surface area contributed by atoms with Gasteiger partial charge in [0.1, 0.15) is 5.15 Å². The van der Waals surface area contributed by atoms with Crippen molar-refractivity contribution >= 4 is 23.2 Å². The molecule has 0 amide bonds. The van der Waals surface area contributed by atoms with Crippen LogP contribution in [0.3, 0.4) is 0 Å². The van der Waals surface area contributed by atoms with E-state index in [0.717, 1.165) is 5.56 Å². The smallest absolute Gasteiger partial charge is 0.147 e. The minimum atomic E-state index is 0.314. The van der Waals surface area contributed by atoms with Crippen molar-refractivity contribution < 1.29 is 4.84 Å². The van der Waals surface area contributed by atoms with Crippen molar-refractivity contribution in [1.82, 2.24) is 4.98 Å². The predicted molar refractivity (Wildman–Crippen MR) is 48.1 cm³/mol. The molecule has 0 bridgehead atoms. The molecule has 1 aromatic heterocycles. The molecule has 66 valence electrons. The molecule has 0 aromatic carbocycles. The van der Waals surface area contributed by atoms with Gasteiger partial charge in [-0.3, -0.25) is 0 Å². The van der Waals surface area contributed by atoms with Crippen LogP contribution in [-0.2, 0) is 11.3 Å². The van der Waals surface area contributed by atoms with Gasteiger partial charge in [0.05, 0.1) is 11.6 Å². The Kier molecular flexibility index (Phi) is 3.75. The Labute approximate surface area is 80.4 Å². The molecular formula is C7H8Cl2N2O. The second kappa shape index (κ2) is 4.62. The topological polar surface area (TPSA) is 48.1 Å². The van der Waals surface area contributed by atoms with Crippen molar-refractivity contribution in [2.24, 2.45) is 5.90 Å². The van der Waals surface area contributed by atoms with E-state index in [-0.39, 0.29) is 0 Å². The summed E-state index contributed by atoms with van der Waals surface area (Å²) in [5.74, 6) is 4.86. The third-order valence-corrected chi connectivity index (χ3v) is 2.05. The Morgan fingerprint density at radius 3 is 2.83 bits per heavy atom. The highest BCUT2D eigenvalue weighted by atomic mass is 35.5. The Hall–Kier alpha value is -0.350. The fourth-order valence-corrected chi connectivity index (χ4v) is 1.07. The van der Waals surface area contributed by atoms with Gasteiger partial charge in [-0.2, -0.15) is 0 Å². The summed E-state index contributed by atoms with van der Waals surface area (Å²) < 4.78 is 0. The molecule has 0 atom stereocenters. The van der Waals surface area contributed by atoms with Crippen LogP contribution in [0, 0.1) is 0 Å². The van der Waals surface area contributed by atoms with Crippen molar-refractivity contribution in [3.05, 3.63) is 28.0 Å². The van der Waals surface area contributed by atoms with Crippen molar-refractivity contribution in [3.8, 4) is 0 Å². The highest BCUT2D eigenvalue weighted by Crippen LogP contribution is 2.19. The summed E-state index contributed by atoms with van der Waals surface area (Å²) in [6.07, 6.45) is 2.33. The summed E-state index contributed by atoms with van der Waals surface area (Å²) in [5.41, 5.74) is 0.954. The predicted octanol–water partition coefficient (Wildman–Crippen LogP) is 1.82. The minimum Gasteiger partial charge on any atom is -0.304 e. The number of pyridine rings is 1. The SMILES string of the molecule is NOCCc1cnc(Cl)c(Cl)c1. The summed E-state index contributed by atoms with van der Waals surface area (Å²) in [6, 6.07) is 1.75. The second-order valence-electron chi connectivity index (χ2n) is 2.24.